The standard InChI is InChI=1S/C17H17N3O6S/c1-11-7-8-12(20(22)23)9-13(11)18-17(21)16-10-19(27(2,24)25)14-5-3-4-6-15(14)26-16/h3-9,16H,10H2,1-2H3,(H,18,21)/t16-/m1/s1. The van der Waals surface area contributed by atoms with Gasteiger partial charge in [-0.05, 0) is 24.6 Å². The number of non-ortho nitro benzene ring substituents is 1. The molecular formula is C17H17N3O6S. The van der Waals surface area contributed by atoms with E-state index in [2.05, 4.69) is 5.32 Å². The van der Waals surface area contributed by atoms with E-state index in [-0.39, 0.29) is 23.7 Å². The van der Waals surface area contributed by atoms with Crippen molar-refractivity contribution >= 4 is 33.0 Å². The van der Waals surface area contributed by atoms with Crippen LogP contribution < -0.4 is 14.4 Å². The molecule has 0 saturated heterocycles. The van der Waals surface area contributed by atoms with Crippen LogP contribution in [0.15, 0.2) is 42.5 Å². The van der Waals surface area contributed by atoms with Crippen LogP contribution in [0, 0.1) is 17.0 Å². The molecule has 10 heteroatoms. The number of hydrogen-bond acceptors (Lipinski definition) is 6. The maximum absolute atomic E-state index is 12.7. The highest BCUT2D eigenvalue weighted by molar-refractivity contribution is 7.92. The Morgan fingerprint density at radius 2 is 2.00 bits per heavy atom. The number of nitrogens with zero attached hydrogens (tertiary/aromatic N) is 2. The van der Waals surface area contributed by atoms with Crippen molar-refractivity contribution in [1.82, 2.24) is 0 Å². The van der Waals surface area contributed by atoms with E-state index in [1.807, 2.05) is 0 Å². The van der Waals surface area contributed by atoms with Crippen molar-refractivity contribution in [2.75, 3.05) is 22.4 Å². The minimum atomic E-state index is -3.62. The van der Waals surface area contributed by atoms with Crippen LogP contribution in [0.25, 0.3) is 0 Å². The Morgan fingerprint density at radius 3 is 2.67 bits per heavy atom. The van der Waals surface area contributed by atoms with Crippen molar-refractivity contribution in [2.24, 2.45) is 0 Å². The lowest BCUT2D eigenvalue weighted by atomic mass is 10.1. The summed E-state index contributed by atoms with van der Waals surface area (Å²) >= 11 is 0. The third kappa shape index (κ3) is 3.85. The number of carbonyl (C=O) groups excluding carboxylic acids is 1. The molecule has 142 valence electrons. The average Bonchev–Trinajstić information content (AvgIpc) is 2.61. The molecule has 0 aromatic heterocycles. The van der Waals surface area contributed by atoms with Gasteiger partial charge in [-0.3, -0.25) is 19.2 Å². The molecule has 1 N–H and O–H groups in total. The molecule has 0 saturated carbocycles. The molecule has 3 rings (SSSR count). The summed E-state index contributed by atoms with van der Waals surface area (Å²) in [6, 6.07) is 10.6. The van der Waals surface area contributed by atoms with Gasteiger partial charge in [-0.25, -0.2) is 8.42 Å². The number of rotatable bonds is 4. The predicted octanol–water partition coefficient (Wildman–Crippen LogP) is 2.07. The smallest absolute Gasteiger partial charge is 0.271 e. The van der Waals surface area contributed by atoms with Gasteiger partial charge in [0.25, 0.3) is 11.6 Å². The van der Waals surface area contributed by atoms with Crippen LogP contribution in [0.5, 0.6) is 5.75 Å². The van der Waals surface area contributed by atoms with E-state index in [4.69, 9.17) is 4.74 Å². The molecule has 0 unspecified atom stereocenters. The first kappa shape index (κ1) is 18.6. The summed E-state index contributed by atoms with van der Waals surface area (Å²) in [6.45, 7) is 1.49. The highest BCUT2D eigenvalue weighted by atomic mass is 32.2. The van der Waals surface area contributed by atoms with Crippen LogP contribution in [0.3, 0.4) is 0 Å². The lowest BCUT2D eigenvalue weighted by Gasteiger charge is -2.33. The van der Waals surface area contributed by atoms with Crippen LogP contribution in [0.1, 0.15) is 5.56 Å². The van der Waals surface area contributed by atoms with Crippen LogP contribution >= 0.6 is 0 Å². The maximum atomic E-state index is 12.7. The van der Waals surface area contributed by atoms with Crippen LogP contribution in [-0.2, 0) is 14.8 Å². The molecule has 1 heterocycles. The topological polar surface area (TPSA) is 119 Å². The fraction of sp³-hybridized carbons (Fsp3) is 0.235. The minimum Gasteiger partial charge on any atom is -0.476 e. The number of nitrogens with one attached hydrogen (secondary N) is 1. The van der Waals surface area contributed by atoms with Crippen molar-refractivity contribution in [1.29, 1.82) is 0 Å². The third-order valence-electron chi connectivity index (χ3n) is 4.12. The van der Waals surface area contributed by atoms with Gasteiger partial charge >= 0.3 is 0 Å². The van der Waals surface area contributed by atoms with Crippen molar-refractivity contribution in [3.63, 3.8) is 0 Å². The van der Waals surface area contributed by atoms with Gasteiger partial charge in [0.15, 0.2) is 6.10 Å². The zero-order valence-electron chi connectivity index (χ0n) is 14.6. The normalized spacial score (nSPS) is 16.2. The SMILES string of the molecule is Cc1ccc([N+](=O)[O-])cc1NC(=O)[C@H]1CN(S(C)(=O)=O)c2ccccc2O1. The number of anilines is 2. The summed E-state index contributed by atoms with van der Waals surface area (Å²) in [5, 5.41) is 13.5. The van der Waals surface area contributed by atoms with Gasteiger partial charge in [0.2, 0.25) is 10.0 Å². The zero-order valence-corrected chi connectivity index (χ0v) is 15.4. The predicted molar refractivity (Wildman–Crippen MR) is 99.5 cm³/mol. The van der Waals surface area contributed by atoms with E-state index in [1.54, 1.807) is 31.2 Å². The van der Waals surface area contributed by atoms with E-state index < -0.39 is 27.0 Å². The van der Waals surface area contributed by atoms with Crippen molar-refractivity contribution < 1.29 is 22.9 Å². The van der Waals surface area contributed by atoms with Gasteiger partial charge in [-0.1, -0.05) is 18.2 Å². The van der Waals surface area contributed by atoms with Crippen molar-refractivity contribution in [2.45, 2.75) is 13.0 Å². The fourth-order valence-electron chi connectivity index (χ4n) is 2.72. The van der Waals surface area contributed by atoms with Crippen molar-refractivity contribution in [3.05, 3.63) is 58.1 Å². The maximum Gasteiger partial charge on any atom is 0.271 e. The number of benzene rings is 2. The summed E-state index contributed by atoms with van der Waals surface area (Å²) < 4.78 is 31.0. The monoisotopic (exact) mass is 391 g/mol. The summed E-state index contributed by atoms with van der Waals surface area (Å²) in [6.07, 6.45) is -0.0531. The summed E-state index contributed by atoms with van der Waals surface area (Å²) in [5.41, 5.74) is 1.09. The Hall–Kier alpha value is -3.14. The van der Waals surface area contributed by atoms with Gasteiger partial charge in [-0.15, -0.1) is 0 Å². The number of sulfonamides is 1. The van der Waals surface area contributed by atoms with Crippen LogP contribution in [0.2, 0.25) is 0 Å². The first-order valence-corrected chi connectivity index (χ1v) is 9.81. The molecule has 0 fully saturated rings. The summed E-state index contributed by atoms with van der Waals surface area (Å²) in [5.74, 6) is -0.327. The number of amides is 1. The molecule has 1 aliphatic rings. The second kappa shape index (κ2) is 6.88. The summed E-state index contributed by atoms with van der Waals surface area (Å²) in [4.78, 5) is 23.0. The van der Waals surface area contributed by atoms with Gasteiger partial charge in [0, 0.05) is 12.1 Å². The molecule has 2 aromatic carbocycles. The molecule has 1 amide bonds. The number of fused-ring (bicyclic) bond motifs is 1. The zero-order chi connectivity index (χ0) is 19.8. The molecule has 0 radical (unpaired) electrons. The lowest BCUT2D eigenvalue weighted by Crippen LogP contribution is -2.48. The highest BCUT2D eigenvalue weighted by Crippen LogP contribution is 2.35. The highest BCUT2D eigenvalue weighted by Gasteiger charge is 2.35. The van der Waals surface area contributed by atoms with Gasteiger partial charge in [-0.2, -0.15) is 0 Å². The first-order valence-electron chi connectivity index (χ1n) is 7.96. The van der Waals surface area contributed by atoms with E-state index in [1.165, 1.54) is 18.2 Å². The molecule has 27 heavy (non-hydrogen) atoms. The van der Waals surface area contributed by atoms with E-state index in [0.717, 1.165) is 10.6 Å². The molecule has 0 spiro atoms. The Balaban J connectivity index is 1.88. The van der Waals surface area contributed by atoms with Crippen LogP contribution in [0.4, 0.5) is 17.1 Å². The number of para-hydroxylation sites is 2. The fourth-order valence-corrected chi connectivity index (χ4v) is 3.64. The summed E-state index contributed by atoms with van der Waals surface area (Å²) in [7, 11) is -3.62. The Morgan fingerprint density at radius 1 is 1.30 bits per heavy atom. The Bertz CT molecular complexity index is 1020. The molecule has 2 aromatic rings. The van der Waals surface area contributed by atoms with Gasteiger partial charge < -0.3 is 10.1 Å². The molecule has 1 aliphatic heterocycles. The number of carbonyl (C=O) groups is 1. The molecular weight excluding hydrogens is 374 g/mol. The number of hydrogen-bond donors (Lipinski definition) is 1. The van der Waals surface area contributed by atoms with E-state index in [9.17, 15) is 23.3 Å². The molecule has 9 nitrogen and oxygen atoms in total. The lowest BCUT2D eigenvalue weighted by molar-refractivity contribution is -0.384. The molecule has 0 aliphatic carbocycles. The minimum absolute atomic E-state index is 0.163. The molecule has 1 atom stereocenters. The van der Waals surface area contributed by atoms with Crippen molar-refractivity contribution in [3.8, 4) is 5.75 Å². The average molecular weight is 391 g/mol. The van der Waals surface area contributed by atoms with Gasteiger partial charge in [0.05, 0.1) is 29.1 Å². The second-order valence-electron chi connectivity index (χ2n) is 6.11. The number of nitro benzene ring substituents is 1. The number of aryl methyl sites for hydroxylation is 1. The molecule has 0 bridgehead atoms. The quantitative estimate of drug-likeness (QED) is 0.629. The largest absolute Gasteiger partial charge is 0.476 e. The Labute approximate surface area is 155 Å². The number of nitro groups is 1. The number of ether oxygens (including phenoxy) is 1. The third-order valence-corrected chi connectivity index (χ3v) is 5.26. The van der Waals surface area contributed by atoms with E-state index in [0.29, 0.717) is 11.3 Å². The first-order chi connectivity index (χ1) is 12.7. The van der Waals surface area contributed by atoms with Gasteiger partial charge in [0.1, 0.15) is 5.75 Å². The second-order valence-corrected chi connectivity index (χ2v) is 8.02. The Kier molecular flexibility index (Phi) is 4.75. The van der Waals surface area contributed by atoms with E-state index >= 15 is 0 Å². The van der Waals surface area contributed by atoms with Crippen LogP contribution in [-0.4, -0.2) is 38.2 Å².